The average molecular weight is 397 g/mol. The SMILES string of the molecule is N#C[C@@H]1CCCN1C(=O)CN[C@@H]1CC[C@H](Cn2nnc(-c3ccc(F)cc3)n2)C1. The molecule has 0 unspecified atom stereocenters. The van der Waals surface area contributed by atoms with Crippen LogP contribution in [0, 0.1) is 23.1 Å². The average Bonchev–Trinajstić information content (AvgIpc) is 3.48. The van der Waals surface area contributed by atoms with Crippen LogP contribution in [-0.2, 0) is 11.3 Å². The van der Waals surface area contributed by atoms with Crippen molar-refractivity contribution >= 4 is 5.91 Å². The zero-order valence-corrected chi connectivity index (χ0v) is 16.2. The van der Waals surface area contributed by atoms with Crippen molar-refractivity contribution < 1.29 is 9.18 Å². The lowest BCUT2D eigenvalue weighted by Gasteiger charge is -2.21. The van der Waals surface area contributed by atoms with Crippen molar-refractivity contribution in [2.24, 2.45) is 5.92 Å². The third-order valence-electron chi connectivity index (χ3n) is 5.78. The van der Waals surface area contributed by atoms with Crippen LogP contribution in [-0.4, -0.2) is 56.2 Å². The number of carbonyl (C=O) groups is 1. The summed E-state index contributed by atoms with van der Waals surface area (Å²) in [6.07, 6.45) is 4.66. The highest BCUT2D eigenvalue weighted by atomic mass is 19.1. The molecule has 1 aromatic carbocycles. The van der Waals surface area contributed by atoms with Gasteiger partial charge in [0, 0.05) is 18.2 Å². The molecule has 1 amide bonds. The molecule has 9 heteroatoms. The van der Waals surface area contributed by atoms with E-state index in [4.69, 9.17) is 5.26 Å². The fourth-order valence-electron chi connectivity index (χ4n) is 4.22. The van der Waals surface area contributed by atoms with Gasteiger partial charge in [-0.15, -0.1) is 10.2 Å². The molecule has 3 atom stereocenters. The smallest absolute Gasteiger partial charge is 0.237 e. The van der Waals surface area contributed by atoms with E-state index in [1.165, 1.54) is 12.1 Å². The van der Waals surface area contributed by atoms with Gasteiger partial charge in [-0.3, -0.25) is 4.79 Å². The summed E-state index contributed by atoms with van der Waals surface area (Å²) in [5.74, 6) is 0.619. The van der Waals surface area contributed by atoms with Crippen LogP contribution in [0.2, 0.25) is 0 Å². The normalized spacial score (nSPS) is 24.0. The third-order valence-corrected chi connectivity index (χ3v) is 5.78. The number of hydrogen-bond donors (Lipinski definition) is 1. The minimum Gasteiger partial charge on any atom is -0.326 e. The van der Waals surface area contributed by atoms with E-state index < -0.39 is 0 Å². The molecule has 2 heterocycles. The number of likely N-dealkylation sites (tertiary alicyclic amines) is 1. The molecule has 4 rings (SSSR count). The van der Waals surface area contributed by atoms with Crippen LogP contribution < -0.4 is 5.32 Å². The van der Waals surface area contributed by atoms with Gasteiger partial charge < -0.3 is 10.2 Å². The molecule has 2 fully saturated rings. The Morgan fingerprint density at radius 2 is 2.10 bits per heavy atom. The Labute approximate surface area is 168 Å². The molecule has 1 aliphatic carbocycles. The van der Waals surface area contributed by atoms with Gasteiger partial charge in [0.05, 0.1) is 19.2 Å². The molecule has 1 saturated carbocycles. The number of aromatic nitrogens is 4. The number of amides is 1. The van der Waals surface area contributed by atoms with Gasteiger partial charge in [-0.1, -0.05) is 0 Å². The lowest BCUT2D eigenvalue weighted by Crippen LogP contribution is -2.42. The first kappa shape index (κ1) is 19.5. The van der Waals surface area contributed by atoms with Crippen LogP contribution in [0.15, 0.2) is 24.3 Å². The molecular weight excluding hydrogens is 373 g/mol. The van der Waals surface area contributed by atoms with Gasteiger partial charge in [-0.05, 0) is 67.5 Å². The number of nitriles is 1. The Bertz CT molecular complexity index is 891. The molecule has 2 aromatic rings. The number of nitrogens with zero attached hydrogens (tertiary/aromatic N) is 6. The molecular formula is C20H24FN7O. The molecule has 1 saturated heterocycles. The largest absolute Gasteiger partial charge is 0.326 e. The van der Waals surface area contributed by atoms with Gasteiger partial charge >= 0.3 is 0 Å². The van der Waals surface area contributed by atoms with Crippen LogP contribution in [0.3, 0.4) is 0 Å². The standard InChI is InChI=1S/C20H24FN7O/c21-16-6-4-15(5-7-16)20-24-26-28(25-20)13-14-3-8-17(10-14)23-12-19(29)27-9-1-2-18(27)11-22/h4-7,14,17-18,23H,1-3,8-10,12-13H2/t14-,17+,18-/m0/s1. The molecule has 2 aliphatic rings. The second-order valence-electron chi connectivity index (χ2n) is 7.81. The Kier molecular flexibility index (Phi) is 5.81. The topological polar surface area (TPSA) is 99.7 Å². The van der Waals surface area contributed by atoms with Crippen LogP contribution in [0.5, 0.6) is 0 Å². The number of nitrogens with one attached hydrogen (secondary N) is 1. The summed E-state index contributed by atoms with van der Waals surface area (Å²) in [6, 6.07) is 8.26. The van der Waals surface area contributed by atoms with E-state index in [0.29, 0.717) is 24.8 Å². The molecule has 1 N–H and O–H groups in total. The fraction of sp³-hybridized carbons (Fsp3) is 0.550. The van der Waals surface area contributed by atoms with Crippen LogP contribution in [0.25, 0.3) is 11.4 Å². The van der Waals surface area contributed by atoms with E-state index in [2.05, 4.69) is 26.8 Å². The van der Waals surface area contributed by atoms with E-state index in [9.17, 15) is 9.18 Å². The number of benzene rings is 1. The summed E-state index contributed by atoms with van der Waals surface area (Å²) in [5.41, 5.74) is 0.736. The maximum absolute atomic E-state index is 13.0. The number of hydrogen-bond acceptors (Lipinski definition) is 6. The summed E-state index contributed by atoms with van der Waals surface area (Å²) in [5, 5.41) is 25.1. The summed E-state index contributed by atoms with van der Waals surface area (Å²) in [6.45, 7) is 1.63. The van der Waals surface area contributed by atoms with E-state index >= 15 is 0 Å². The Morgan fingerprint density at radius 3 is 2.90 bits per heavy atom. The monoisotopic (exact) mass is 397 g/mol. The van der Waals surface area contributed by atoms with Crippen molar-refractivity contribution in [1.29, 1.82) is 5.26 Å². The molecule has 8 nitrogen and oxygen atoms in total. The van der Waals surface area contributed by atoms with Crippen LogP contribution in [0.4, 0.5) is 4.39 Å². The second kappa shape index (κ2) is 8.66. The van der Waals surface area contributed by atoms with Crippen LogP contribution in [0.1, 0.15) is 32.1 Å². The third kappa shape index (κ3) is 4.59. The Balaban J connectivity index is 1.25. The van der Waals surface area contributed by atoms with Gasteiger partial charge in [-0.2, -0.15) is 10.1 Å². The quantitative estimate of drug-likeness (QED) is 0.797. The van der Waals surface area contributed by atoms with E-state index in [0.717, 1.165) is 37.7 Å². The molecule has 1 aromatic heterocycles. The molecule has 29 heavy (non-hydrogen) atoms. The molecule has 1 aliphatic heterocycles. The fourth-order valence-corrected chi connectivity index (χ4v) is 4.22. The van der Waals surface area contributed by atoms with Gasteiger partial charge in [0.1, 0.15) is 11.9 Å². The predicted octanol–water partition coefficient (Wildman–Crippen LogP) is 1.75. The minimum absolute atomic E-state index is 0.0133. The maximum atomic E-state index is 13.0. The molecule has 152 valence electrons. The van der Waals surface area contributed by atoms with Crippen molar-refractivity contribution in [3.63, 3.8) is 0 Å². The highest BCUT2D eigenvalue weighted by molar-refractivity contribution is 5.79. The van der Waals surface area contributed by atoms with Gasteiger partial charge in [0.15, 0.2) is 0 Å². The van der Waals surface area contributed by atoms with E-state index in [-0.39, 0.29) is 30.4 Å². The highest BCUT2D eigenvalue weighted by Crippen LogP contribution is 2.27. The highest BCUT2D eigenvalue weighted by Gasteiger charge is 2.30. The van der Waals surface area contributed by atoms with Crippen molar-refractivity contribution in [3.8, 4) is 17.5 Å². The van der Waals surface area contributed by atoms with Crippen molar-refractivity contribution in [1.82, 2.24) is 30.4 Å². The van der Waals surface area contributed by atoms with Crippen molar-refractivity contribution in [2.45, 2.75) is 50.7 Å². The first-order chi connectivity index (χ1) is 14.1. The number of halogens is 1. The van der Waals surface area contributed by atoms with E-state index in [1.807, 2.05) is 0 Å². The number of rotatable bonds is 6. The van der Waals surface area contributed by atoms with Crippen LogP contribution >= 0.6 is 0 Å². The lowest BCUT2D eigenvalue weighted by atomic mass is 10.1. The number of tetrazole rings is 1. The van der Waals surface area contributed by atoms with Gasteiger partial charge in [-0.25, -0.2) is 4.39 Å². The van der Waals surface area contributed by atoms with Gasteiger partial charge in [0.25, 0.3) is 0 Å². The van der Waals surface area contributed by atoms with E-state index in [1.54, 1.807) is 21.8 Å². The van der Waals surface area contributed by atoms with Crippen molar-refractivity contribution in [2.75, 3.05) is 13.1 Å². The molecule has 0 bridgehead atoms. The Hall–Kier alpha value is -2.86. The predicted molar refractivity (Wildman–Crippen MR) is 103 cm³/mol. The number of carbonyl (C=O) groups excluding carboxylic acids is 1. The zero-order chi connectivity index (χ0) is 20.2. The summed E-state index contributed by atoms with van der Waals surface area (Å²) >= 11 is 0. The lowest BCUT2D eigenvalue weighted by molar-refractivity contribution is -0.130. The maximum Gasteiger partial charge on any atom is 0.237 e. The summed E-state index contributed by atoms with van der Waals surface area (Å²) < 4.78 is 13.0. The van der Waals surface area contributed by atoms with Gasteiger partial charge in [0.2, 0.25) is 11.7 Å². The zero-order valence-electron chi connectivity index (χ0n) is 16.2. The molecule has 0 radical (unpaired) electrons. The first-order valence-corrected chi connectivity index (χ1v) is 10.1. The Morgan fingerprint density at radius 1 is 1.28 bits per heavy atom. The summed E-state index contributed by atoms with van der Waals surface area (Å²) in [4.78, 5) is 15.6. The minimum atomic E-state index is -0.294. The van der Waals surface area contributed by atoms with Crippen molar-refractivity contribution in [3.05, 3.63) is 30.1 Å². The summed E-state index contributed by atoms with van der Waals surface area (Å²) in [7, 11) is 0. The first-order valence-electron chi connectivity index (χ1n) is 10.1. The second-order valence-corrected chi connectivity index (χ2v) is 7.81. The molecule has 0 spiro atoms.